The normalized spacial score (nSPS) is 29.8. The fourth-order valence-corrected chi connectivity index (χ4v) is 5.75. The van der Waals surface area contributed by atoms with Crippen molar-refractivity contribution in [1.29, 1.82) is 0 Å². The van der Waals surface area contributed by atoms with Crippen molar-refractivity contribution < 1.29 is 54.1 Å². The summed E-state index contributed by atoms with van der Waals surface area (Å²) in [5.41, 5.74) is 2.37. The molecule has 0 amide bonds. The lowest BCUT2D eigenvalue weighted by Crippen LogP contribution is -2.53. The van der Waals surface area contributed by atoms with E-state index < -0.39 is 95.7 Å². The number of benzene rings is 2. The minimum atomic E-state index is -2.24. The van der Waals surface area contributed by atoms with Crippen LogP contribution >= 0.6 is 0 Å². The molecule has 0 saturated carbocycles. The molecule has 0 bridgehead atoms. The van der Waals surface area contributed by atoms with Gasteiger partial charge in [-0.05, 0) is 13.0 Å². The van der Waals surface area contributed by atoms with E-state index in [4.69, 9.17) is 19.9 Å². The Morgan fingerprint density at radius 2 is 1.85 bits per heavy atom. The number of carbonyl (C=O) groups excluding carboxylic acids is 3. The van der Waals surface area contributed by atoms with Gasteiger partial charge in [-0.3, -0.25) is 14.4 Å². The Balaban J connectivity index is 1.69. The number of phenolic OH excluding ortho intramolecular Hbond substituents is 2. The van der Waals surface area contributed by atoms with Crippen molar-refractivity contribution in [1.82, 2.24) is 0 Å². The summed E-state index contributed by atoms with van der Waals surface area (Å²) >= 11 is 0. The van der Waals surface area contributed by atoms with Gasteiger partial charge in [-0.1, -0.05) is 12.1 Å². The summed E-state index contributed by atoms with van der Waals surface area (Å²) in [6.07, 6.45) is -5.12. The maximum atomic E-state index is 13.6. The second kappa shape index (κ2) is 9.66. The highest BCUT2D eigenvalue weighted by atomic mass is 16.7. The largest absolute Gasteiger partial charge is 0.507 e. The molecule has 1 aliphatic heterocycles. The number of fused-ring (bicyclic) bond motifs is 3. The molecule has 1 saturated heterocycles. The highest BCUT2D eigenvalue weighted by molar-refractivity contribution is 6.31. The Labute approximate surface area is 222 Å². The third kappa shape index (κ3) is 4.11. The molecule has 2 unspecified atom stereocenters. The number of hydrogen-bond acceptors (Lipinski definition) is 12. The van der Waals surface area contributed by atoms with E-state index in [0.29, 0.717) is 0 Å². The number of Topliss-reactive ketones (excluding diaryl/α,β-unsaturated/α-hetero) is 1. The van der Waals surface area contributed by atoms with Crippen LogP contribution in [0.15, 0.2) is 18.2 Å². The number of ether oxygens (including phenoxy) is 3. The van der Waals surface area contributed by atoms with E-state index >= 15 is 0 Å². The molecule has 208 valence electrons. The van der Waals surface area contributed by atoms with Crippen LogP contribution < -0.4 is 10.5 Å². The van der Waals surface area contributed by atoms with Crippen molar-refractivity contribution in [2.75, 3.05) is 13.7 Å². The monoisotopic (exact) mass is 543 g/mol. The number of rotatable bonds is 5. The van der Waals surface area contributed by atoms with E-state index in [2.05, 4.69) is 0 Å². The number of phenols is 2. The Morgan fingerprint density at radius 1 is 1.15 bits per heavy atom. The van der Waals surface area contributed by atoms with Gasteiger partial charge >= 0.3 is 0 Å². The van der Waals surface area contributed by atoms with E-state index in [0.717, 1.165) is 0 Å². The summed E-state index contributed by atoms with van der Waals surface area (Å²) in [6.45, 7) is 0.560. The number of hydrogen-bond donors (Lipinski definition) is 6. The molecule has 1 fully saturated rings. The maximum Gasteiger partial charge on any atom is 0.202 e. The molecule has 0 aromatic heterocycles. The predicted octanol–water partition coefficient (Wildman–Crippen LogP) is 0.00130. The van der Waals surface area contributed by atoms with E-state index in [1.54, 1.807) is 6.92 Å². The highest BCUT2D eigenvalue weighted by Gasteiger charge is 2.50. The third-order valence-corrected chi connectivity index (χ3v) is 7.81. The standard InChI is InChI=1S/C27H29NO11/c1-10-22(31)13(28)6-17(38-10)39-15-8-27(36,16(30)9-29)7-12-19(15)26(35)21-20(24(12)33)23(32)11-4-3-5-14(37-2)18(11)25(21)34/h3-5,10,13,15,17,22,29,31,33,35-36H,6-9,28H2,1-2H3/t10?,13?,15-,17+,22+,27-/m0/s1. The molecule has 39 heavy (non-hydrogen) atoms. The van der Waals surface area contributed by atoms with Crippen molar-refractivity contribution >= 4 is 17.3 Å². The van der Waals surface area contributed by atoms with Gasteiger partial charge in [0, 0.05) is 42.0 Å². The smallest absolute Gasteiger partial charge is 0.202 e. The van der Waals surface area contributed by atoms with Gasteiger partial charge in [0.25, 0.3) is 0 Å². The molecule has 3 aliphatic rings. The van der Waals surface area contributed by atoms with Gasteiger partial charge in [0.2, 0.25) is 5.78 Å². The zero-order chi connectivity index (χ0) is 28.4. The lowest BCUT2D eigenvalue weighted by Gasteiger charge is -2.42. The number of aliphatic hydroxyl groups excluding tert-OH is 2. The highest BCUT2D eigenvalue weighted by Crippen LogP contribution is 2.52. The fourth-order valence-electron chi connectivity index (χ4n) is 5.75. The summed E-state index contributed by atoms with van der Waals surface area (Å²) in [5.74, 6) is -3.77. The van der Waals surface area contributed by atoms with E-state index in [1.807, 2.05) is 0 Å². The van der Waals surface area contributed by atoms with Crippen molar-refractivity contribution in [3.8, 4) is 17.2 Å². The molecule has 2 aliphatic carbocycles. The number of ketones is 3. The molecule has 7 N–H and O–H groups in total. The van der Waals surface area contributed by atoms with Crippen LogP contribution in [0.1, 0.15) is 68.8 Å². The first-order valence-electron chi connectivity index (χ1n) is 12.4. The Hall–Kier alpha value is -3.39. The van der Waals surface area contributed by atoms with Gasteiger partial charge in [0.05, 0.1) is 42.1 Å². The van der Waals surface area contributed by atoms with Gasteiger partial charge in [0.15, 0.2) is 17.9 Å². The minimum absolute atomic E-state index is 0.0173. The van der Waals surface area contributed by atoms with Crippen LogP contribution in [0.2, 0.25) is 0 Å². The second-order valence-corrected chi connectivity index (χ2v) is 10.2. The fraction of sp³-hybridized carbons (Fsp3) is 0.444. The van der Waals surface area contributed by atoms with Crippen LogP contribution in [-0.2, 0) is 20.7 Å². The lowest BCUT2D eigenvalue weighted by atomic mass is 9.72. The number of aromatic hydroxyl groups is 2. The Morgan fingerprint density at radius 3 is 2.49 bits per heavy atom. The quantitative estimate of drug-likeness (QED) is 0.235. The van der Waals surface area contributed by atoms with Gasteiger partial charge in [-0.25, -0.2) is 0 Å². The van der Waals surface area contributed by atoms with Gasteiger partial charge in [0.1, 0.15) is 29.5 Å². The summed E-state index contributed by atoms with van der Waals surface area (Å²) in [4.78, 5) is 39.7. The van der Waals surface area contributed by atoms with Crippen molar-refractivity contribution in [3.05, 3.63) is 51.6 Å². The van der Waals surface area contributed by atoms with Crippen LogP contribution in [0.5, 0.6) is 17.2 Å². The van der Waals surface area contributed by atoms with E-state index in [1.165, 1.54) is 25.3 Å². The van der Waals surface area contributed by atoms with Gasteiger partial charge in [-0.2, -0.15) is 0 Å². The zero-order valence-corrected chi connectivity index (χ0v) is 21.2. The lowest BCUT2D eigenvalue weighted by molar-refractivity contribution is -0.247. The van der Waals surface area contributed by atoms with E-state index in [9.17, 15) is 39.9 Å². The van der Waals surface area contributed by atoms with Gasteiger partial charge in [-0.15, -0.1) is 0 Å². The summed E-state index contributed by atoms with van der Waals surface area (Å²) < 4.78 is 17.0. The van der Waals surface area contributed by atoms with Crippen molar-refractivity contribution in [2.24, 2.45) is 5.73 Å². The summed E-state index contributed by atoms with van der Waals surface area (Å²) in [6, 6.07) is 3.64. The van der Waals surface area contributed by atoms with Crippen LogP contribution in [0.4, 0.5) is 0 Å². The first-order chi connectivity index (χ1) is 18.4. The average molecular weight is 544 g/mol. The number of carbonyl (C=O) groups is 3. The van der Waals surface area contributed by atoms with Crippen LogP contribution in [0, 0.1) is 0 Å². The first-order valence-corrected chi connectivity index (χ1v) is 12.4. The molecular weight excluding hydrogens is 514 g/mol. The third-order valence-electron chi connectivity index (χ3n) is 7.81. The van der Waals surface area contributed by atoms with Crippen LogP contribution in [0.3, 0.4) is 0 Å². The molecule has 5 rings (SSSR count). The molecule has 6 atom stereocenters. The van der Waals surface area contributed by atoms with Gasteiger partial charge < -0.3 is 45.5 Å². The molecule has 1 heterocycles. The molecular formula is C27H29NO11. The molecule has 2 aromatic carbocycles. The van der Waals surface area contributed by atoms with Crippen molar-refractivity contribution in [2.45, 2.75) is 62.4 Å². The summed E-state index contributed by atoms with van der Waals surface area (Å²) in [7, 11) is 1.32. The van der Waals surface area contributed by atoms with E-state index in [-0.39, 0.29) is 34.4 Å². The molecule has 12 heteroatoms. The molecule has 0 spiro atoms. The number of nitrogens with two attached hydrogens (primary N) is 1. The first kappa shape index (κ1) is 27.2. The minimum Gasteiger partial charge on any atom is -0.507 e. The molecule has 0 radical (unpaired) electrons. The van der Waals surface area contributed by atoms with Crippen LogP contribution in [-0.4, -0.2) is 86.7 Å². The molecule has 2 aromatic rings. The zero-order valence-electron chi connectivity index (χ0n) is 21.2. The molecule has 12 nitrogen and oxygen atoms in total. The second-order valence-electron chi connectivity index (χ2n) is 10.2. The number of methoxy groups -OCH3 is 1. The Bertz CT molecular complexity index is 1380. The van der Waals surface area contributed by atoms with Crippen LogP contribution in [0.25, 0.3) is 0 Å². The summed E-state index contributed by atoms with van der Waals surface area (Å²) in [5, 5.41) is 53.7. The van der Waals surface area contributed by atoms with Crippen molar-refractivity contribution in [3.63, 3.8) is 0 Å². The Kier molecular flexibility index (Phi) is 6.74. The predicted molar refractivity (Wildman–Crippen MR) is 132 cm³/mol. The maximum absolute atomic E-state index is 13.6. The number of aliphatic hydroxyl groups is 3. The average Bonchev–Trinajstić information content (AvgIpc) is 2.90. The topological polar surface area (TPSA) is 206 Å². The SMILES string of the molecule is COc1cccc2c1C(=O)c1c(O)c3c(c(O)c1C2=O)C[C@@](O)(C(=O)CO)C[C@@H]3O[C@@H]1CC(N)[C@H](O)C(C)O1.